The van der Waals surface area contributed by atoms with Gasteiger partial charge in [-0.25, -0.2) is 0 Å². The SMILES string of the molecule is CC(N)CSC1CCCCCC1. The summed E-state index contributed by atoms with van der Waals surface area (Å²) in [4.78, 5) is 0. The summed E-state index contributed by atoms with van der Waals surface area (Å²) in [6.07, 6.45) is 8.65. The molecule has 0 aromatic rings. The van der Waals surface area contributed by atoms with Gasteiger partial charge in [0.15, 0.2) is 0 Å². The van der Waals surface area contributed by atoms with E-state index in [4.69, 9.17) is 5.73 Å². The van der Waals surface area contributed by atoms with Crippen LogP contribution in [0.5, 0.6) is 0 Å². The van der Waals surface area contributed by atoms with Gasteiger partial charge in [-0.1, -0.05) is 25.7 Å². The number of hydrogen-bond acceptors (Lipinski definition) is 2. The smallest absolute Gasteiger partial charge is 0.0102 e. The van der Waals surface area contributed by atoms with Gasteiger partial charge in [0.25, 0.3) is 0 Å². The van der Waals surface area contributed by atoms with E-state index in [1.165, 1.54) is 38.5 Å². The molecule has 0 radical (unpaired) electrons. The Balaban J connectivity index is 2.12. The quantitative estimate of drug-likeness (QED) is 0.688. The molecule has 72 valence electrons. The Kier molecular flexibility index (Phi) is 5.08. The van der Waals surface area contributed by atoms with Crippen molar-refractivity contribution in [3.05, 3.63) is 0 Å². The van der Waals surface area contributed by atoms with Crippen LogP contribution in [0.15, 0.2) is 0 Å². The number of rotatable bonds is 3. The normalized spacial score (nSPS) is 23.5. The Morgan fingerprint density at radius 1 is 1.25 bits per heavy atom. The van der Waals surface area contributed by atoms with Crippen molar-refractivity contribution in [1.82, 2.24) is 0 Å². The molecule has 2 N–H and O–H groups in total. The first-order valence-corrected chi connectivity index (χ1v) is 6.21. The molecule has 0 amide bonds. The van der Waals surface area contributed by atoms with Crippen LogP contribution in [-0.2, 0) is 0 Å². The highest BCUT2D eigenvalue weighted by Gasteiger charge is 2.12. The van der Waals surface area contributed by atoms with Crippen LogP contribution in [-0.4, -0.2) is 17.0 Å². The highest BCUT2D eigenvalue weighted by Crippen LogP contribution is 2.27. The molecule has 0 aromatic heterocycles. The predicted molar refractivity (Wildman–Crippen MR) is 57.6 cm³/mol. The van der Waals surface area contributed by atoms with Gasteiger partial charge in [-0.3, -0.25) is 0 Å². The summed E-state index contributed by atoms with van der Waals surface area (Å²) >= 11 is 2.09. The summed E-state index contributed by atoms with van der Waals surface area (Å²) in [6.45, 7) is 2.10. The monoisotopic (exact) mass is 187 g/mol. The fraction of sp³-hybridized carbons (Fsp3) is 1.00. The van der Waals surface area contributed by atoms with Gasteiger partial charge in [0.05, 0.1) is 0 Å². The highest BCUT2D eigenvalue weighted by molar-refractivity contribution is 7.99. The fourth-order valence-corrected chi connectivity index (χ4v) is 2.94. The van der Waals surface area contributed by atoms with E-state index < -0.39 is 0 Å². The van der Waals surface area contributed by atoms with E-state index in [0.717, 1.165) is 11.0 Å². The fourth-order valence-electron chi connectivity index (χ4n) is 1.70. The van der Waals surface area contributed by atoms with Crippen molar-refractivity contribution in [3.63, 3.8) is 0 Å². The summed E-state index contributed by atoms with van der Waals surface area (Å²) in [6, 6.07) is 0.373. The first kappa shape index (κ1) is 10.4. The van der Waals surface area contributed by atoms with Gasteiger partial charge in [-0.15, -0.1) is 0 Å². The largest absolute Gasteiger partial charge is 0.327 e. The first-order chi connectivity index (χ1) is 5.79. The standard InChI is InChI=1S/C10H21NS/c1-9(11)8-12-10-6-4-2-3-5-7-10/h9-10H,2-8,11H2,1H3. The lowest BCUT2D eigenvalue weighted by Gasteiger charge is -2.14. The van der Waals surface area contributed by atoms with E-state index >= 15 is 0 Å². The van der Waals surface area contributed by atoms with Crippen molar-refractivity contribution in [2.75, 3.05) is 5.75 Å². The van der Waals surface area contributed by atoms with Crippen LogP contribution in [0.25, 0.3) is 0 Å². The maximum Gasteiger partial charge on any atom is 0.0102 e. The van der Waals surface area contributed by atoms with Gasteiger partial charge in [0.1, 0.15) is 0 Å². The molecule has 1 rings (SSSR count). The average Bonchev–Trinajstić information content (AvgIpc) is 2.28. The summed E-state index contributed by atoms with van der Waals surface area (Å²) in [7, 11) is 0. The Morgan fingerprint density at radius 3 is 2.33 bits per heavy atom. The molecule has 12 heavy (non-hydrogen) atoms. The molecule has 0 heterocycles. The van der Waals surface area contributed by atoms with Gasteiger partial charge >= 0.3 is 0 Å². The van der Waals surface area contributed by atoms with Crippen LogP contribution < -0.4 is 5.73 Å². The topological polar surface area (TPSA) is 26.0 Å². The second-order valence-corrected chi connectivity index (χ2v) is 5.26. The number of nitrogens with two attached hydrogens (primary N) is 1. The van der Waals surface area contributed by atoms with Crippen LogP contribution in [0.1, 0.15) is 45.4 Å². The molecule has 1 atom stereocenters. The third-order valence-corrected chi connectivity index (χ3v) is 4.06. The first-order valence-electron chi connectivity index (χ1n) is 5.16. The Bertz CT molecular complexity index is 106. The van der Waals surface area contributed by atoms with Crippen LogP contribution in [0.4, 0.5) is 0 Å². The van der Waals surface area contributed by atoms with Crippen molar-refractivity contribution in [2.45, 2.75) is 56.7 Å². The van der Waals surface area contributed by atoms with Crippen LogP contribution in [0.3, 0.4) is 0 Å². The lowest BCUT2D eigenvalue weighted by Crippen LogP contribution is -2.19. The molecule has 0 saturated heterocycles. The summed E-state index contributed by atoms with van der Waals surface area (Å²) in [5, 5.41) is 0.915. The summed E-state index contributed by atoms with van der Waals surface area (Å²) < 4.78 is 0. The molecule has 1 saturated carbocycles. The van der Waals surface area contributed by atoms with E-state index in [2.05, 4.69) is 18.7 Å². The second kappa shape index (κ2) is 5.87. The third-order valence-electron chi connectivity index (χ3n) is 2.40. The van der Waals surface area contributed by atoms with Crippen LogP contribution in [0.2, 0.25) is 0 Å². The van der Waals surface area contributed by atoms with Crippen molar-refractivity contribution >= 4 is 11.8 Å². The van der Waals surface area contributed by atoms with E-state index in [0.29, 0.717) is 6.04 Å². The number of hydrogen-bond donors (Lipinski definition) is 1. The molecule has 2 heteroatoms. The third kappa shape index (κ3) is 4.36. The minimum Gasteiger partial charge on any atom is -0.327 e. The van der Waals surface area contributed by atoms with E-state index in [-0.39, 0.29) is 0 Å². The van der Waals surface area contributed by atoms with Gasteiger partial charge in [0.2, 0.25) is 0 Å². The molecule has 0 aromatic carbocycles. The van der Waals surface area contributed by atoms with Gasteiger partial charge in [-0.2, -0.15) is 11.8 Å². The van der Waals surface area contributed by atoms with Gasteiger partial charge in [-0.05, 0) is 19.8 Å². The minimum atomic E-state index is 0.373. The summed E-state index contributed by atoms with van der Waals surface area (Å²) in [5.41, 5.74) is 5.73. The lowest BCUT2D eigenvalue weighted by molar-refractivity contribution is 0.702. The van der Waals surface area contributed by atoms with Crippen molar-refractivity contribution in [2.24, 2.45) is 5.73 Å². The molecule has 0 bridgehead atoms. The maximum absolute atomic E-state index is 5.73. The van der Waals surface area contributed by atoms with Gasteiger partial charge < -0.3 is 5.73 Å². The maximum atomic E-state index is 5.73. The number of thioether (sulfide) groups is 1. The predicted octanol–water partition coefficient (Wildman–Crippen LogP) is 2.79. The zero-order chi connectivity index (χ0) is 8.81. The molecule has 1 aliphatic carbocycles. The molecule has 0 spiro atoms. The van der Waals surface area contributed by atoms with E-state index in [1.807, 2.05) is 0 Å². The van der Waals surface area contributed by atoms with Gasteiger partial charge in [0, 0.05) is 17.0 Å². The molecule has 1 nitrogen and oxygen atoms in total. The second-order valence-electron chi connectivity index (χ2n) is 3.92. The molecule has 1 unspecified atom stereocenters. The molecular weight excluding hydrogens is 166 g/mol. The Morgan fingerprint density at radius 2 is 1.83 bits per heavy atom. The zero-order valence-electron chi connectivity index (χ0n) is 8.09. The van der Waals surface area contributed by atoms with Crippen LogP contribution >= 0.6 is 11.8 Å². The van der Waals surface area contributed by atoms with Crippen molar-refractivity contribution in [3.8, 4) is 0 Å². The van der Waals surface area contributed by atoms with E-state index in [9.17, 15) is 0 Å². The van der Waals surface area contributed by atoms with Crippen LogP contribution in [0, 0.1) is 0 Å². The average molecular weight is 187 g/mol. The Hall–Kier alpha value is 0.310. The molecule has 1 fully saturated rings. The molecular formula is C10H21NS. The molecule has 1 aliphatic rings. The van der Waals surface area contributed by atoms with Crippen molar-refractivity contribution in [1.29, 1.82) is 0 Å². The Labute approximate surface area is 80.5 Å². The van der Waals surface area contributed by atoms with E-state index in [1.54, 1.807) is 0 Å². The summed E-state index contributed by atoms with van der Waals surface area (Å²) in [5.74, 6) is 1.14. The highest BCUT2D eigenvalue weighted by atomic mass is 32.2. The molecule has 0 aliphatic heterocycles. The zero-order valence-corrected chi connectivity index (χ0v) is 8.91. The van der Waals surface area contributed by atoms with Crippen molar-refractivity contribution < 1.29 is 0 Å². The lowest BCUT2D eigenvalue weighted by atomic mass is 10.2. The minimum absolute atomic E-state index is 0.373.